The molecule has 2 aromatic rings. The van der Waals surface area contributed by atoms with Gasteiger partial charge >= 0.3 is 0 Å². The van der Waals surface area contributed by atoms with E-state index in [1.165, 1.54) is 12.8 Å². The lowest BCUT2D eigenvalue weighted by Gasteiger charge is -2.10. The topological polar surface area (TPSA) is 58.5 Å². The highest BCUT2D eigenvalue weighted by atomic mass is 127. The Labute approximate surface area is 166 Å². The van der Waals surface area contributed by atoms with Gasteiger partial charge in [0, 0.05) is 24.8 Å². The number of nitrogens with one attached hydrogen (secondary N) is 2. The highest BCUT2D eigenvalue weighted by Crippen LogP contribution is 2.18. The number of ether oxygens (including phenoxy) is 1. The van der Waals surface area contributed by atoms with Crippen LogP contribution in [-0.4, -0.2) is 23.5 Å². The van der Waals surface area contributed by atoms with Crippen molar-refractivity contribution in [2.75, 3.05) is 6.54 Å². The predicted octanol–water partition coefficient (Wildman–Crippen LogP) is 3.50. The zero-order valence-corrected chi connectivity index (χ0v) is 16.8. The van der Waals surface area contributed by atoms with Gasteiger partial charge in [0.1, 0.15) is 6.61 Å². The van der Waals surface area contributed by atoms with E-state index >= 15 is 0 Å². The van der Waals surface area contributed by atoms with Crippen LogP contribution in [0.4, 0.5) is 0 Å². The van der Waals surface area contributed by atoms with Gasteiger partial charge in [-0.3, -0.25) is 0 Å². The first-order chi connectivity index (χ1) is 11.8. The summed E-state index contributed by atoms with van der Waals surface area (Å²) < 4.78 is 5.77. The van der Waals surface area contributed by atoms with Gasteiger partial charge in [-0.25, -0.2) is 9.98 Å². The highest BCUT2D eigenvalue weighted by Gasteiger charge is 2.21. The van der Waals surface area contributed by atoms with Crippen LogP contribution in [0.5, 0.6) is 5.88 Å². The van der Waals surface area contributed by atoms with Crippen molar-refractivity contribution in [1.29, 1.82) is 0 Å². The van der Waals surface area contributed by atoms with Crippen molar-refractivity contribution in [3.8, 4) is 5.88 Å². The Morgan fingerprint density at radius 1 is 1.20 bits per heavy atom. The van der Waals surface area contributed by atoms with Crippen molar-refractivity contribution in [2.45, 2.75) is 39.0 Å². The molecule has 5 nitrogen and oxygen atoms in total. The van der Waals surface area contributed by atoms with E-state index < -0.39 is 0 Å². The molecule has 1 aromatic carbocycles. The van der Waals surface area contributed by atoms with Crippen LogP contribution in [0.1, 0.15) is 30.9 Å². The van der Waals surface area contributed by atoms with Crippen molar-refractivity contribution >= 4 is 29.9 Å². The molecule has 1 fully saturated rings. The average molecular weight is 452 g/mol. The molecule has 0 spiro atoms. The van der Waals surface area contributed by atoms with Gasteiger partial charge in [0.25, 0.3) is 0 Å². The highest BCUT2D eigenvalue weighted by molar-refractivity contribution is 14.0. The maximum Gasteiger partial charge on any atom is 0.213 e. The largest absolute Gasteiger partial charge is 0.473 e. The maximum atomic E-state index is 5.77. The number of pyridine rings is 1. The van der Waals surface area contributed by atoms with Crippen LogP contribution >= 0.6 is 24.0 Å². The van der Waals surface area contributed by atoms with Crippen LogP contribution < -0.4 is 15.4 Å². The number of aromatic nitrogens is 1. The van der Waals surface area contributed by atoms with Gasteiger partial charge in [0.15, 0.2) is 5.96 Å². The summed E-state index contributed by atoms with van der Waals surface area (Å²) in [5.41, 5.74) is 2.21. The number of guanidine groups is 1. The summed E-state index contributed by atoms with van der Waals surface area (Å²) >= 11 is 0. The van der Waals surface area contributed by atoms with Gasteiger partial charge in [-0.15, -0.1) is 24.0 Å². The van der Waals surface area contributed by atoms with Crippen LogP contribution in [0, 0.1) is 0 Å². The van der Waals surface area contributed by atoms with E-state index in [-0.39, 0.29) is 24.0 Å². The third-order valence-electron chi connectivity index (χ3n) is 3.71. The predicted molar refractivity (Wildman–Crippen MR) is 111 cm³/mol. The molecular weight excluding hydrogens is 427 g/mol. The number of aliphatic imine (C=N–C) groups is 1. The lowest BCUT2D eigenvalue weighted by Crippen LogP contribution is -2.38. The van der Waals surface area contributed by atoms with Crippen LogP contribution in [0.15, 0.2) is 53.7 Å². The van der Waals surface area contributed by atoms with Gasteiger partial charge in [0.2, 0.25) is 5.88 Å². The molecule has 1 aliphatic carbocycles. The molecule has 0 atom stereocenters. The maximum absolute atomic E-state index is 5.77. The Morgan fingerprint density at radius 3 is 2.72 bits per heavy atom. The van der Waals surface area contributed by atoms with Crippen LogP contribution in [0.25, 0.3) is 0 Å². The van der Waals surface area contributed by atoms with Crippen LogP contribution in [0.3, 0.4) is 0 Å². The Kier molecular flexibility index (Phi) is 7.97. The van der Waals surface area contributed by atoms with E-state index in [2.05, 4.69) is 27.5 Å². The average Bonchev–Trinajstić information content (AvgIpc) is 3.43. The van der Waals surface area contributed by atoms with Gasteiger partial charge in [-0.2, -0.15) is 0 Å². The molecule has 1 aliphatic rings. The summed E-state index contributed by atoms with van der Waals surface area (Å²) in [6, 6.07) is 14.6. The Hall–Kier alpha value is -1.83. The molecule has 3 rings (SSSR count). The molecule has 0 bridgehead atoms. The molecule has 25 heavy (non-hydrogen) atoms. The molecule has 0 saturated heterocycles. The number of hydrogen-bond acceptors (Lipinski definition) is 3. The fourth-order valence-electron chi connectivity index (χ4n) is 2.27. The minimum Gasteiger partial charge on any atom is -0.473 e. The van der Waals surface area contributed by atoms with Crippen molar-refractivity contribution in [3.63, 3.8) is 0 Å². The smallest absolute Gasteiger partial charge is 0.213 e. The van der Waals surface area contributed by atoms with Crippen molar-refractivity contribution in [1.82, 2.24) is 15.6 Å². The summed E-state index contributed by atoms with van der Waals surface area (Å²) in [5, 5.41) is 6.69. The third kappa shape index (κ3) is 6.89. The molecule has 1 saturated carbocycles. The van der Waals surface area contributed by atoms with Crippen LogP contribution in [0.2, 0.25) is 0 Å². The fourth-order valence-corrected chi connectivity index (χ4v) is 2.27. The molecule has 0 amide bonds. The van der Waals surface area contributed by atoms with Gasteiger partial charge < -0.3 is 15.4 Å². The second-order valence-electron chi connectivity index (χ2n) is 5.89. The lowest BCUT2D eigenvalue weighted by atomic mass is 10.2. The van der Waals surface area contributed by atoms with Gasteiger partial charge in [-0.1, -0.05) is 30.3 Å². The number of benzene rings is 1. The van der Waals surface area contributed by atoms with Crippen molar-refractivity contribution in [2.24, 2.45) is 4.99 Å². The number of halogens is 1. The molecule has 1 heterocycles. The van der Waals surface area contributed by atoms with E-state index in [9.17, 15) is 0 Å². The van der Waals surface area contributed by atoms with E-state index in [1.807, 2.05) is 42.5 Å². The zero-order chi connectivity index (χ0) is 16.6. The Morgan fingerprint density at radius 2 is 2.00 bits per heavy atom. The first-order valence-corrected chi connectivity index (χ1v) is 8.50. The normalized spacial score (nSPS) is 13.7. The molecule has 2 N–H and O–H groups in total. The number of hydrogen-bond donors (Lipinski definition) is 2. The molecule has 0 aliphatic heterocycles. The first-order valence-electron chi connectivity index (χ1n) is 8.50. The van der Waals surface area contributed by atoms with E-state index in [0.29, 0.717) is 25.1 Å². The summed E-state index contributed by atoms with van der Waals surface area (Å²) in [5.74, 6) is 1.51. The second kappa shape index (κ2) is 10.2. The first kappa shape index (κ1) is 19.5. The lowest BCUT2D eigenvalue weighted by molar-refractivity contribution is 0.293. The summed E-state index contributed by atoms with van der Waals surface area (Å²) in [4.78, 5) is 8.91. The van der Waals surface area contributed by atoms with Crippen LogP contribution in [-0.2, 0) is 13.2 Å². The standard InChI is InChI=1S/C19H24N4O.HI/c1-2-20-19(23-17-8-9-17)22-13-16-10-11-21-18(12-16)24-14-15-6-4-3-5-7-15;/h3-7,10-12,17H,2,8-9,13-14H2,1H3,(H2,20,22,23);1H. The monoisotopic (exact) mass is 452 g/mol. The van der Waals surface area contributed by atoms with Gasteiger partial charge in [-0.05, 0) is 37.0 Å². The SMILES string of the molecule is CCNC(=NCc1ccnc(OCc2ccccc2)c1)NC1CC1.I. The summed E-state index contributed by atoms with van der Waals surface area (Å²) in [6.45, 7) is 4.06. The molecule has 1 aromatic heterocycles. The van der Waals surface area contributed by atoms with E-state index in [0.717, 1.165) is 23.6 Å². The van der Waals surface area contributed by atoms with E-state index in [4.69, 9.17) is 4.74 Å². The number of nitrogens with zero attached hydrogens (tertiary/aromatic N) is 2. The minimum absolute atomic E-state index is 0. The molecular formula is C19H25IN4O. The zero-order valence-electron chi connectivity index (χ0n) is 14.4. The quantitative estimate of drug-likeness (QED) is 0.384. The van der Waals surface area contributed by atoms with Crippen molar-refractivity contribution in [3.05, 3.63) is 59.8 Å². The third-order valence-corrected chi connectivity index (χ3v) is 3.71. The fraction of sp³-hybridized carbons (Fsp3) is 0.368. The number of rotatable bonds is 7. The molecule has 0 radical (unpaired) electrons. The van der Waals surface area contributed by atoms with Crippen molar-refractivity contribution < 1.29 is 4.74 Å². The Bertz CT molecular complexity index is 674. The molecule has 0 unspecified atom stereocenters. The Balaban J connectivity index is 0.00000225. The summed E-state index contributed by atoms with van der Waals surface area (Å²) in [6.07, 6.45) is 4.24. The molecule has 134 valence electrons. The molecule has 6 heteroatoms. The van der Waals surface area contributed by atoms with Gasteiger partial charge in [0.05, 0.1) is 6.54 Å². The van der Waals surface area contributed by atoms with E-state index in [1.54, 1.807) is 6.20 Å². The second-order valence-corrected chi connectivity index (χ2v) is 5.89. The summed E-state index contributed by atoms with van der Waals surface area (Å²) in [7, 11) is 0. The minimum atomic E-state index is 0.